The van der Waals surface area contributed by atoms with E-state index in [9.17, 15) is 9.90 Å². The Balaban J connectivity index is 1.42. The SMILES string of the molecule is O=C(Nc1n[nH]c2ccccc12)N1CCC(O)(c2ccc(Cl)cc2)CC1. The van der Waals surface area contributed by atoms with Crippen LogP contribution in [0.5, 0.6) is 0 Å². The number of aliphatic hydroxyl groups is 1. The normalized spacial score (nSPS) is 16.6. The molecule has 3 N–H and O–H groups in total. The number of nitrogens with zero attached hydrogens (tertiary/aromatic N) is 2. The van der Waals surface area contributed by atoms with Crippen LogP contribution in [0.15, 0.2) is 48.5 Å². The zero-order valence-electron chi connectivity index (χ0n) is 14.1. The Hall–Kier alpha value is -2.57. The molecule has 1 aromatic heterocycles. The maximum absolute atomic E-state index is 12.6. The first-order chi connectivity index (χ1) is 12.5. The number of nitrogens with one attached hydrogen (secondary N) is 2. The molecular formula is C19H19ClN4O2. The van der Waals surface area contributed by atoms with Gasteiger partial charge in [-0.3, -0.25) is 10.4 Å². The molecule has 1 fully saturated rings. The maximum atomic E-state index is 12.6. The predicted octanol–water partition coefficient (Wildman–Crippen LogP) is 3.73. The van der Waals surface area contributed by atoms with E-state index in [-0.39, 0.29) is 6.03 Å². The van der Waals surface area contributed by atoms with E-state index in [0.29, 0.717) is 36.8 Å². The zero-order chi connectivity index (χ0) is 18.1. The van der Waals surface area contributed by atoms with Gasteiger partial charge in [-0.1, -0.05) is 35.9 Å². The number of para-hydroxylation sites is 1. The molecule has 134 valence electrons. The Labute approximate surface area is 155 Å². The van der Waals surface area contributed by atoms with Crippen molar-refractivity contribution in [2.45, 2.75) is 18.4 Å². The maximum Gasteiger partial charge on any atom is 0.323 e. The summed E-state index contributed by atoms with van der Waals surface area (Å²) in [5, 5.41) is 22.3. The number of hydrogen-bond donors (Lipinski definition) is 3. The summed E-state index contributed by atoms with van der Waals surface area (Å²) in [4.78, 5) is 14.3. The number of carbonyl (C=O) groups is 1. The van der Waals surface area contributed by atoms with Crippen molar-refractivity contribution in [3.05, 3.63) is 59.1 Å². The van der Waals surface area contributed by atoms with Crippen molar-refractivity contribution < 1.29 is 9.90 Å². The number of rotatable bonds is 2. The molecule has 3 aromatic rings. The molecule has 7 heteroatoms. The monoisotopic (exact) mass is 370 g/mol. The smallest absolute Gasteiger partial charge is 0.323 e. The van der Waals surface area contributed by atoms with Gasteiger partial charge in [-0.15, -0.1) is 0 Å². The number of urea groups is 1. The second-order valence-corrected chi connectivity index (χ2v) is 7.01. The Morgan fingerprint density at radius 2 is 1.85 bits per heavy atom. The van der Waals surface area contributed by atoms with Gasteiger partial charge in [-0.25, -0.2) is 4.79 Å². The molecule has 0 radical (unpaired) electrons. The molecule has 4 rings (SSSR count). The van der Waals surface area contributed by atoms with E-state index >= 15 is 0 Å². The minimum absolute atomic E-state index is 0.208. The van der Waals surface area contributed by atoms with Crippen LogP contribution in [-0.2, 0) is 5.60 Å². The first-order valence-corrected chi connectivity index (χ1v) is 8.90. The van der Waals surface area contributed by atoms with E-state index in [0.717, 1.165) is 16.5 Å². The van der Waals surface area contributed by atoms with E-state index in [2.05, 4.69) is 15.5 Å². The van der Waals surface area contributed by atoms with Crippen LogP contribution in [0.25, 0.3) is 10.9 Å². The molecule has 1 saturated heterocycles. The van der Waals surface area contributed by atoms with Crippen LogP contribution in [0.2, 0.25) is 5.02 Å². The molecule has 2 heterocycles. The van der Waals surface area contributed by atoms with Crippen LogP contribution < -0.4 is 5.32 Å². The van der Waals surface area contributed by atoms with Crippen molar-refractivity contribution >= 4 is 34.4 Å². The van der Waals surface area contributed by atoms with Gasteiger partial charge in [-0.2, -0.15) is 5.10 Å². The molecule has 26 heavy (non-hydrogen) atoms. The summed E-state index contributed by atoms with van der Waals surface area (Å²) in [7, 11) is 0. The van der Waals surface area contributed by atoms with Crippen LogP contribution in [-0.4, -0.2) is 39.3 Å². The van der Waals surface area contributed by atoms with Crippen molar-refractivity contribution in [1.29, 1.82) is 0 Å². The molecule has 0 aliphatic carbocycles. The highest BCUT2D eigenvalue weighted by Gasteiger charge is 2.35. The number of hydrogen-bond acceptors (Lipinski definition) is 3. The standard InChI is InChI=1S/C19H19ClN4O2/c20-14-7-5-13(6-8-14)19(26)9-11-24(12-10-19)18(25)21-17-15-3-1-2-4-16(15)22-23-17/h1-8,26H,9-12H2,(H2,21,22,23,25). The summed E-state index contributed by atoms with van der Waals surface area (Å²) in [6.07, 6.45) is 0.951. The fraction of sp³-hybridized carbons (Fsp3) is 0.263. The Morgan fingerprint density at radius 3 is 2.58 bits per heavy atom. The first kappa shape index (κ1) is 16.9. The summed E-state index contributed by atoms with van der Waals surface area (Å²) in [5.41, 5.74) is 0.777. The van der Waals surface area contributed by atoms with Crippen LogP contribution in [0, 0.1) is 0 Å². The lowest BCUT2D eigenvalue weighted by Gasteiger charge is -2.38. The number of carbonyl (C=O) groups excluding carboxylic acids is 1. The van der Waals surface area contributed by atoms with Gasteiger partial charge in [-0.05, 0) is 42.7 Å². The van der Waals surface area contributed by atoms with Gasteiger partial charge in [0, 0.05) is 23.5 Å². The highest BCUT2D eigenvalue weighted by molar-refractivity contribution is 6.30. The van der Waals surface area contributed by atoms with Gasteiger partial charge < -0.3 is 10.0 Å². The predicted molar refractivity (Wildman–Crippen MR) is 101 cm³/mol. The molecule has 0 saturated carbocycles. The zero-order valence-corrected chi connectivity index (χ0v) is 14.8. The highest BCUT2D eigenvalue weighted by atomic mass is 35.5. The minimum Gasteiger partial charge on any atom is -0.385 e. The van der Waals surface area contributed by atoms with Crippen molar-refractivity contribution in [3.8, 4) is 0 Å². The number of halogens is 1. The largest absolute Gasteiger partial charge is 0.385 e. The minimum atomic E-state index is -0.930. The number of amides is 2. The average Bonchev–Trinajstić information content (AvgIpc) is 3.06. The molecule has 0 atom stereocenters. The summed E-state index contributed by atoms with van der Waals surface area (Å²) in [5.74, 6) is 0.518. The van der Waals surface area contributed by atoms with Crippen LogP contribution in [0.1, 0.15) is 18.4 Å². The molecule has 0 unspecified atom stereocenters. The van der Waals surface area contributed by atoms with Crippen LogP contribution in [0.4, 0.5) is 10.6 Å². The second kappa shape index (κ2) is 6.63. The van der Waals surface area contributed by atoms with E-state index in [4.69, 9.17) is 11.6 Å². The first-order valence-electron chi connectivity index (χ1n) is 8.53. The lowest BCUT2D eigenvalue weighted by molar-refractivity contribution is -0.0156. The summed E-state index contributed by atoms with van der Waals surface area (Å²) < 4.78 is 0. The third-order valence-corrected chi connectivity index (χ3v) is 5.21. The Kier molecular flexibility index (Phi) is 4.30. The molecule has 1 aliphatic rings. The molecule has 2 amide bonds. The number of aromatic nitrogens is 2. The summed E-state index contributed by atoms with van der Waals surface area (Å²) in [6.45, 7) is 0.931. The van der Waals surface area contributed by atoms with Crippen LogP contribution in [0.3, 0.4) is 0 Å². The van der Waals surface area contributed by atoms with Gasteiger partial charge in [0.25, 0.3) is 0 Å². The van der Waals surface area contributed by atoms with Crippen molar-refractivity contribution in [3.63, 3.8) is 0 Å². The van der Waals surface area contributed by atoms with Crippen LogP contribution >= 0.6 is 11.6 Å². The number of piperidine rings is 1. The second-order valence-electron chi connectivity index (χ2n) is 6.57. The Morgan fingerprint density at radius 1 is 1.15 bits per heavy atom. The van der Waals surface area contributed by atoms with Crippen molar-refractivity contribution in [2.24, 2.45) is 0 Å². The number of aromatic amines is 1. The molecule has 6 nitrogen and oxygen atoms in total. The third-order valence-electron chi connectivity index (χ3n) is 4.96. The van der Waals surface area contributed by atoms with Crippen molar-refractivity contribution in [2.75, 3.05) is 18.4 Å². The number of anilines is 1. The van der Waals surface area contributed by atoms with E-state index < -0.39 is 5.60 Å². The summed E-state index contributed by atoms with van der Waals surface area (Å²) >= 11 is 5.92. The van der Waals surface area contributed by atoms with E-state index in [1.807, 2.05) is 36.4 Å². The molecular weight excluding hydrogens is 352 g/mol. The molecule has 0 spiro atoms. The fourth-order valence-electron chi connectivity index (χ4n) is 3.37. The van der Waals surface area contributed by atoms with Gasteiger partial charge >= 0.3 is 6.03 Å². The van der Waals surface area contributed by atoms with Crippen molar-refractivity contribution in [1.82, 2.24) is 15.1 Å². The van der Waals surface area contributed by atoms with Gasteiger partial charge in [0.15, 0.2) is 5.82 Å². The molecule has 2 aromatic carbocycles. The quantitative estimate of drug-likeness (QED) is 0.642. The van der Waals surface area contributed by atoms with Gasteiger partial charge in [0.05, 0.1) is 11.1 Å². The highest BCUT2D eigenvalue weighted by Crippen LogP contribution is 2.33. The fourth-order valence-corrected chi connectivity index (χ4v) is 3.49. The third kappa shape index (κ3) is 3.13. The Bertz CT molecular complexity index is 930. The number of likely N-dealkylation sites (tertiary alicyclic amines) is 1. The van der Waals surface area contributed by atoms with Gasteiger partial charge in [0.1, 0.15) is 0 Å². The van der Waals surface area contributed by atoms with E-state index in [1.165, 1.54) is 0 Å². The van der Waals surface area contributed by atoms with E-state index in [1.54, 1.807) is 17.0 Å². The number of fused-ring (bicyclic) bond motifs is 1. The van der Waals surface area contributed by atoms with Gasteiger partial charge in [0.2, 0.25) is 0 Å². The molecule has 0 bridgehead atoms. The summed E-state index contributed by atoms with van der Waals surface area (Å²) in [6, 6.07) is 14.7. The topological polar surface area (TPSA) is 81.2 Å². The lowest BCUT2D eigenvalue weighted by Crippen LogP contribution is -2.46. The number of H-pyrrole nitrogens is 1. The molecule has 1 aliphatic heterocycles. The lowest BCUT2D eigenvalue weighted by atomic mass is 9.84. The number of benzene rings is 2. The average molecular weight is 371 g/mol.